The molecule has 2 rings (SSSR count). The molecule has 1 aromatic heterocycles. The van der Waals surface area contributed by atoms with Crippen LogP contribution >= 0.6 is 0 Å². The molecule has 0 atom stereocenters. The number of ether oxygens (including phenoxy) is 1. The first kappa shape index (κ1) is 13.7. The Labute approximate surface area is 115 Å². The number of carboxylic acid groups (broad SMARTS) is 1. The van der Waals surface area contributed by atoms with Gasteiger partial charge in [-0.2, -0.15) is 0 Å². The van der Waals surface area contributed by atoms with Gasteiger partial charge < -0.3 is 9.84 Å². The summed E-state index contributed by atoms with van der Waals surface area (Å²) in [7, 11) is 0. The molecule has 102 valence electrons. The van der Waals surface area contributed by atoms with Gasteiger partial charge in [-0.05, 0) is 26.0 Å². The fourth-order valence-electron chi connectivity index (χ4n) is 1.88. The highest BCUT2D eigenvalue weighted by Crippen LogP contribution is 2.18. The lowest BCUT2D eigenvalue weighted by Gasteiger charge is -2.06. The number of carbonyl (C=O) groups is 2. The molecule has 0 unspecified atom stereocenters. The summed E-state index contributed by atoms with van der Waals surface area (Å²) >= 11 is 0. The second-order valence-corrected chi connectivity index (χ2v) is 4.28. The predicted molar refractivity (Wildman–Crippen MR) is 70.0 cm³/mol. The Balaban J connectivity index is 2.45. The zero-order valence-electron chi connectivity index (χ0n) is 11.0. The second kappa shape index (κ2) is 5.48. The molecule has 0 aliphatic rings. The maximum Gasteiger partial charge on any atom is 0.512 e. The van der Waals surface area contributed by atoms with Crippen LogP contribution in [-0.4, -0.2) is 27.0 Å². The molecular formula is C14H12N2O4. The number of benzene rings is 1. The average molecular weight is 272 g/mol. The summed E-state index contributed by atoms with van der Waals surface area (Å²) in [6.45, 7) is 3.74. The number of hydrogen-bond acceptors (Lipinski definition) is 5. The Morgan fingerprint density at radius 3 is 2.25 bits per heavy atom. The molecule has 2 aromatic rings. The summed E-state index contributed by atoms with van der Waals surface area (Å²) in [4.78, 5) is 30.6. The van der Waals surface area contributed by atoms with Crippen molar-refractivity contribution in [3.63, 3.8) is 0 Å². The molecule has 20 heavy (non-hydrogen) atoms. The lowest BCUT2D eigenvalue weighted by molar-refractivity contribution is 0.102. The van der Waals surface area contributed by atoms with Gasteiger partial charge in [-0.25, -0.2) is 14.8 Å². The number of ketones is 1. The number of carbonyl (C=O) groups excluding carboxylic acids is 1. The summed E-state index contributed by atoms with van der Waals surface area (Å²) in [6, 6.07) is 5.34. The van der Waals surface area contributed by atoms with Crippen molar-refractivity contribution in [1.29, 1.82) is 0 Å². The van der Waals surface area contributed by atoms with Crippen LogP contribution in [0.25, 0.3) is 0 Å². The Bertz CT molecular complexity index is 662. The molecule has 0 fully saturated rings. The topological polar surface area (TPSA) is 89.4 Å². The molecule has 1 N–H and O–H groups in total. The SMILES string of the molecule is Cc1cc(C)cc(C(=O)c2nccnc2OC(=O)O)c1. The summed E-state index contributed by atoms with van der Waals surface area (Å²) in [5, 5.41) is 8.63. The van der Waals surface area contributed by atoms with E-state index in [1.165, 1.54) is 12.4 Å². The number of hydrogen-bond donors (Lipinski definition) is 1. The summed E-state index contributed by atoms with van der Waals surface area (Å²) in [5.74, 6) is -0.745. The van der Waals surface area contributed by atoms with Crippen LogP contribution in [0.2, 0.25) is 0 Å². The summed E-state index contributed by atoms with van der Waals surface area (Å²) in [6.07, 6.45) is 1.03. The average Bonchev–Trinajstić information content (AvgIpc) is 2.36. The van der Waals surface area contributed by atoms with Crippen molar-refractivity contribution in [3.05, 3.63) is 53.0 Å². The monoisotopic (exact) mass is 272 g/mol. The lowest BCUT2D eigenvalue weighted by atomic mass is 10.0. The van der Waals surface area contributed by atoms with Gasteiger partial charge in [0.1, 0.15) is 0 Å². The first-order chi connectivity index (χ1) is 9.47. The Morgan fingerprint density at radius 2 is 1.65 bits per heavy atom. The number of aryl methyl sites for hydroxylation is 2. The molecule has 0 spiro atoms. The third kappa shape index (κ3) is 2.97. The quantitative estimate of drug-likeness (QED) is 0.681. The molecule has 0 amide bonds. The van der Waals surface area contributed by atoms with Crippen LogP contribution in [0.15, 0.2) is 30.6 Å². The molecule has 0 saturated heterocycles. The van der Waals surface area contributed by atoms with E-state index in [1.54, 1.807) is 12.1 Å². The lowest BCUT2D eigenvalue weighted by Crippen LogP contribution is -2.12. The summed E-state index contributed by atoms with van der Waals surface area (Å²) in [5.41, 5.74) is 2.15. The van der Waals surface area contributed by atoms with E-state index in [1.807, 2.05) is 19.9 Å². The fourth-order valence-corrected chi connectivity index (χ4v) is 1.88. The molecule has 0 aliphatic carbocycles. The standard InChI is InChI=1S/C14H12N2O4/c1-8-5-9(2)7-10(6-8)12(17)11-13(20-14(18)19)16-4-3-15-11/h3-7H,1-2H3,(H,18,19). The second-order valence-electron chi connectivity index (χ2n) is 4.28. The van der Waals surface area contributed by atoms with Gasteiger partial charge in [-0.1, -0.05) is 17.2 Å². The highest BCUT2D eigenvalue weighted by atomic mass is 16.7. The Morgan fingerprint density at radius 1 is 1.05 bits per heavy atom. The zero-order valence-corrected chi connectivity index (χ0v) is 11.0. The molecule has 1 aromatic carbocycles. The third-order valence-corrected chi connectivity index (χ3v) is 2.55. The van der Waals surface area contributed by atoms with E-state index < -0.39 is 11.9 Å². The van der Waals surface area contributed by atoms with Crippen LogP contribution in [0.3, 0.4) is 0 Å². The van der Waals surface area contributed by atoms with Crippen LogP contribution in [0.5, 0.6) is 5.88 Å². The Kier molecular flexibility index (Phi) is 3.74. The number of rotatable bonds is 3. The third-order valence-electron chi connectivity index (χ3n) is 2.55. The normalized spacial score (nSPS) is 10.1. The van der Waals surface area contributed by atoms with Crippen molar-refractivity contribution in [3.8, 4) is 5.88 Å². The highest BCUT2D eigenvalue weighted by Gasteiger charge is 2.19. The summed E-state index contributed by atoms with van der Waals surface area (Å²) < 4.78 is 4.47. The van der Waals surface area contributed by atoms with Crippen LogP contribution in [0.1, 0.15) is 27.2 Å². The first-order valence-electron chi connectivity index (χ1n) is 5.82. The maximum atomic E-state index is 12.4. The van der Waals surface area contributed by atoms with E-state index >= 15 is 0 Å². The minimum absolute atomic E-state index is 0.125. The van der Waals surface area contributed by atoms with Gasteiger partial charge in [0, 0.05) is 18.0 Å². The first-order valence-corrected chi connectivity index (χ1v) is 5.82. The molecule has 0 bridgehead atoms. The van der Waals surface area contributed by atoms with Gasteiger partial charge in [-0.3, -0.25) is 4.79 Å². The molecule has 0 saturated carbocycles. The van der Waals surface area contributed by atoms with Crippen LogP contribution < -0.4 is 4.74 Å². The molecule has 6 nitrogen and oxygen atoms in total. The minimum atomic E-state index is -1.54. The van der Waals surface area contributed by atoms with Crippen LogP contribution in [-0.2, 0) is 0 Å². The van der Waals surface area contributed by atoms with Gasteiger partial charge in [0.15, 0.2) is 5.69 Å². The van der Waals surface area contributed by atoms with Gasteiger partial charge in [0.2, 0.25) is 5.78 Å². The van der Waals surface area contributed by atoms with Gasteiger partial charge in [-0.15, -0.1) is 0 Å². The van der Waals surface area contributed by atoms with E-state index in [9.17, 15) is 9.59 Å². The fraction of sp³-hybridized carbons (Fsp3) is 0.143. The zero-order chi connectivity index (χ0) is 14.7. The predicted octanol–water partition coefficient (Wildman–Crippen LogP) is 2.38. The van der Waals surface area contributed by atoms with Gasteiger partial charge in [0.05, 0.1) is 0 Å². The van der Waals surface area contributed by atoms with Crippen molar-refractivity contribution >= 4 is 11.9 Å². The number of aromatic nitrogens is 2. The van der Waals surface area contributed by atoms with Crippen molar-refractivity contribution in [2.45, 2.75) is 13.8 Å². The van der Waals surface area contributed by atoms with Crippen LogP contribution in [0, 0.1) is 13.8 Å². The molecule has 0 aliphatic heterocycles. The molecular weight excluding hydrogens is 260 g/mol. The maximum absolute atomic E-state index is 12.4. The smallest absolute Gasteiger partial charge is 0.449 e. The van der Waals surface area contributed by atoms with E-state index in [4.69, 9.17) is 5.11 Å². The van der Waals surface area contributed by atoms with Gasteiger partial charge in [0.25, 0.3) is 5.88 Å². The van der Waals surface area contributed by atoms with Crippen LogP contribution in [0.4, 0.5) is 4.79 Å². The number of nitrogens with zero attached hydrogens (tertiary/aromatic N) is 2. The van der Waals surface area contributed by atoms with E-state index in [2.05, 4.69) is 14.7 Å². The van der Waals surface area contributed by atoms with Crippen molar-refractivity contribution in [2.75, 3.05) is 0 Å². The molecule has 6 heteroatoms. The van der Waals surface area contributed by atoms with E-state index in [0.29, 0.717) is 5.56 Å². The molecule has 0 radical (unpaired) electrons. The van der Waals surface area contributed by atoms with Crippen molar-refractivity contribution < 1.29 is 19.4 Å². The Hall–Kier alpha value is -2.76. The van der Waals surface area contributed by atoms with E-state index in [0.717, 1.165) is 11.1 Å². The minimum Gasteiger partial charge on any atom is -0.449 e. The van der Waals surface area contributed by atoms with Crippen molar-refractivity contribution in [1.82, 2.24) is 9.97 Å². The largest absolute Gasteiger partial charge is 0.512 e. The van der Waals surface area contributed by atoms with E-state index in [-0.39, 0.29) is 11.6 Å². The molecule has 1 heterocycles. The van der Waals surface area contributed by atoms with Crippen molar-refractivity contribution in [2.24, 2.45) is 0 Å². The highest BCUT2D eigenvalue weighted by molar-refractivity contribution is 6.09. The van der Waals surface area contributed by atoms with Gasteiger partial charge >= 0.3 is 6.16 Å².